The van der Waals surface area contributed by atoms with Crippen LogP contribution in [-0.2, 0) is 21.2 Å². The molecule has 3 rings (SSSR count). The molecule has 0 bridgehead atoms. The zero-order valence-electron chi connectivity index (χ0n) is 22.2. The highest BCUT2D eigenvalue weighted by atomic mass is 32.2. The Morgan fingerprint density at radius 3 is 2.29 bits per heavy atom. The Morgan fingerprint density at radius 1 is 0.921 bits per heavy atom. The van der Waals surface area contributed by atoms with Crippen molar-refractivity contribution >= 4 is 33.4 Å². The van der Waals surface area contributed by atoms with Gasteiger partial charge in [0.25, 0.3) is 10.0 Å². The zero-order valence-corrected chi connectivity index (χ0v) is 23.8. The highest BCUT2D eigenvalue weighted by molar-refractivity contribution is 7.98. The molecule has 0 fully saturated rings. The van der Waals surface area contributed by atoms with Crippen LogP contribution in [0.25, 0.3) is 0 Å². The molecular weight excluding hydrogens is 520 g/mol. The highest BCUT2D eigenvalue weighted by Crippen LogP contribution is 2.33. The molecule has 0 spiro atoms. The molecule has 3 aromatic rings. The fraction of sp³-hybridized carbons (Fsp3) is 0.345. The third-order valence-corrected chi connectivity index (χ3v) is 8.27. The molecule has 9 heteroatoms. The number of hydrogen-bond acceptors (Lipinski definition) is 6. The number of para-hydroxylation sites is 3. The van der Waals surface area contributed by atoms with Gasteiger partial charge in [0, 0.05) is 11.4 Å². The van der Waals surface area contributed by atoms with E-state index < -0.39 is 15.9 Å². The molecule has 1 amide bonds. The summed E-state index contributed by atoms with van der Waals surface area (Å²) in [5.41, 5.74) is 1.40. The minimum atomic E-state index is -4.04. The first-order chi connectivity index (χ1) is 18.4. The number of sulfonamides is 1. The molecule has 0 unspecified atom stereocenters. The van der Waals surface area contributed by atoms with Crippen molar-refractivity contribution in [2.75, 3.05) is 36.9 Å². The topological polar surface area (TPSA) is 84.9 Å². The maximum absolute atomic E-state index is 13.7. The lowest BCUT2D eigenvalue weighted by atomic mass is 10.1. The molecule has 0 aliphatic rings. The quantitative estimate of drug-likeness (QED) is 0.195. The van der Waals surface area contributed by atoms with Gasteiger partial charge in [-0.15, -0.1) is 11.8 Å². The Hall–Kier alpha value is -3.17. The van der Waals surface area contributed by atoms with Crippen LogP contribution in [-0.4, -0.2) is 46.9 Å². The summed E-state index contributed by atoms with van der Waals surface area (Å²) in [6.07, 6.45) is 4.28. The van der Waals surface area contributed by atoms with E-state index in [9.17, 15) is 13.2 Å². The maximum Gasteiger partial charge on any atom is 0.264 e. The number of anilines is 1. The summed E-state index contributed by atoms with van der Waals surface area (Å²) < 4.78 is 40.1. The molecule has 0 heterocycles. The number of hydrogen-bond donors (Lipinski definition) is 1. The third-order valence-electron chi connectivity index (χ3n) is 5.75. The summed E-state index contributed by atoms with van der Waals surface area (Å²) in [7, 11) is -4.04. The lowest BCUT2D eigenvalue weighted by Crippen LogP contribution is -2.41. The fourth-order valence-corrected chi connectivity index (χ4v) is 5.71. The second-order valence-corrected chi connectivity index (χ2v) is 11.2. The van der Waals surface area contributed by atoms with Gasteiger partial charge in [-0.2, -0.15) is 0 Å². The summed E-state index contributed by atoms with van der Waals surface area (Å²) in [4.78, 5) is 14.1. The minimum absolute atomic E-state index is 0.109. The van der Waals surface area contributed by atoms with Gasteiger partial charge in [-0.25, -0.2) is 8.42 Å². The number of aryl methyl sites for hydroxylation is 1. The second kappa shape index (κ2) is 14.7. The van der Waals surface area contributed by atoms with Crippen molar-refractivity contribution in [1.29, 1.82) is 0 Å². The van der Waals surface area contributed by atoms with E-state index in [1.54, 1.807) is 48.5 Å². The molecule has 204 valence electrons. The summed E-state index contributed by atoms with van der Waals surface area (Å²) in [5, 5.41) is 2.88. The van der Waals surface area contributed by atoms with Gasteiger partial charge in [-0.3, -0.25) is 9.10 Å². The van der Waals surface area contributed by atoms with Crippen molar-refractivity contribution in [1.82, 2.24) is 5.32 Å². The van der Waals surface area contributed by atoms with Crippen LogP contribution in [0, 0.1) is 0 Å². The van der Waals surface area contributed by atoms with Gasteiger partial charge in [-0.05, 0) is 80.5 Å². The van der Waals surface area contributed by atoms with Crippen LogP contribution >= 0.6 is 11.8 Å². The third kappa shape index (κ3) is 7.91. The molecule has 0 aliphatic heterocycles. The fourth-order valence-electron chi connectivity index (χ4n) is 3.87. The highest BCUT2D eigenvalue weighted by Gasteiger charge is 2.29. The summed E-state index contributed by atoms with van der Waals surface area (Å²) in [6, 6.07) is 21.4. The predicted octanol–water partition coefficient (Wildman–Crippen LogP) is 5.54. The van der Waals surface area contributed by atoms with E-state index in [-0.39, 0.29) is 11.4 Å². The van der Waals surface area contributed by atoms with Crippen LogP contribution in [0.15, 0.2) is 82.6 Å². The Morgan fingerprint density at radius 2 is 1.61 bits per heavy atom. The molecule has 3 aromatic carbocycles. The average Bonchev–Trinajstić information content (AvgIpc) is 2.94. The SMILES string of the molecule is CCCOc1ccccc1CCCNC(=O)CN(c1ccccc1OCC)S(=O)(=O)c1ccc(SC)cc1. The Kier molecular flexibility index (Phi) is 11.4. The lowest BCUT2D eigenvalue weighted by Gasteiger charge is -2.26. The number of thioether (sulfide) groups is 1. The van der Waals surface area contributed by atoms with Crippen LogP contribution in [0.3, 0.4) is 0 Å². The van der Waals surface area contributed by atoms with E-state index in [4.69, 9.17) is 9.47 Å². The number of nitrogens with zero attached hydrogens (tertiary/aromatic N) is 1. The Labute approximate surface area is 230 Å². The first kappa shape index (κ1) is 29.4. The van der Waals surface area contributed by atoms with Crippen molar-refractivity contribution in [2.24, 2.45) is 0 Å². The molecule has 0 saturated carbocycles. The number of carbonyl (C=O) groups excluding carboxylic acids is 1. The van der Waals surface area contributed by atoms with E-state index in [0.29, 0.717) is 37.6 Å². The lowest BCUT2D eigenvalue weighted by molar-refractivity contribution is -0.119. The van der Waals surface area contributed by atoms with Gasteiger partial charge in [0.15, 0.2) is 0 Å². The number of amides is 1. The number of ether oxygens (including phenoxy) is 2. The molecule has 1 N–H and O–H groups in total. The van der Waals surface area contributed by atoms with Gasteiger partial charge in [0.2, 0.25) is 5.91 Å². The van der Waals surface area contributed by atoms with E-state index in [0.717, 1.165) is 33.4 Å². The summed E-state index contributed by atoms with van der Waals surface area (Å²) in [5.74, 6) is 0.866. The summed E-state index contributed by atoms with van der Waals surface area (Å²) in [6.45, 7) is 4.95. The van der Waals surface area contributed by atoms with Crippen LogP contribution in [0.5, 0.6) is 11.5 Å². The van der Waals surface area contributed by atoms with E-state index >= 15 is 0 Å². The Balaban J connectivity index is 1.74. The van der Waals surface area contributed by atoms with Crippen LogP contribution in [0.4, 0.5) is 5.69 Å². The average molecular weight is 557 g/mol. The molecule has 38 heavy (non-hydrogen) atoms. The van der Waals surface area contributed by atoms with Crippen LogP contribution < -0.4 is 19.1 Å². The molecule has 7 nitrogen and oxygen atoms in total. The van der Waals surface area contributed by atoms with Gasteiger partial charge in [0.05, 0.1) is 23.8 Å². The first-order valence-electron chi connectivity index (χ1n) is 12.8. The van der Waals surface area contributed by atoms with Crippen molar-refractivity contribution in [3.8, 4) is 11.5 Å². The number of rotatable bonds is 15. The molecule has 0 radical (unpaired) electrons. The minimum Gasteiger partial charge on any atom is -0.493 e. The van der Waals surface area contributed by atoms with E-state index in [1.807, 2.05) is 37.4 Å². The van der Waals surface area contributed by atoms with Crippen LogP contribution in [0.2, 0.25) is 0 Å². The first-order valence-corrected chi connectivity index (χ1v) is 15.4. The number of carbonyl (C=O) groups is 1. The maximum atomic E-state index is 13.7. The van der Waals surface area contributed by atoms with Crippen molar-refractivity contribution in [3.05, 3.63) is 78.4 Å². The monoisotopic (exact) mass is 556 g/mol. The predicted molar refractivity (Wildman–Crippen MR) is 154 cm³/mol. The largest absolute Gasteiger partial charge is 0.493 e. The van der Waals surface area contributed by atoms with E-state index in [2.05, 4.69) is 12.2 Å². The molecular formula is C29H36N2O5S2. The number of nitrogens with one attached hydrogen (secondary N) is 1. The summed E-state index contributed by atoms with van der Waals surface area (Å²) >= 11 is 1.53. The molecule has 0 aromatic heterocycles. The molecule has 0 saturated heterocycles. The molecule has 0 atom stereocenters. The van der Waals surface area contributed by atoms with Crippen molar-refractivity contribution in [2.45, 2.75) is 42.9 Å². The standard InChI is InChI=1S/C29H36N2O5S2/c1-4-21-36-27-14-8-6-11-23(27)12-10-20-30-29(32)22-31(26-13-7-9-15-28(26)35-5-2)38(33,34)25-18-16-24(37-3)17-19-25/h6-9,11,13-19H,4-5,10,12,20-22H2,1-3H3,(H,30,32). The Bertz CT molecular complexity index is 1280. The van der Waals surface area contributed by atoms with Crippen molar-refractivity contribution < 1.29 is 22.7 Å². The zero-order chi connectivity index (χ0) is 27.4. The number of benzene rings is 3. The van der Waals surface area contributed by atoms with Gasteiger partial charge in [-0.1, -0.05) is 37.3 Å². The van der Waals surface area contributed by atoms with Crippen LogP contribution in [0.1, 0.15) is 32.3 Å². The van der Waals surface area contributed by atoms with E-state index in [1.165, 1.54) is 11.8 Å². The normalized spacial score (nSPS) is 11.1. The van der Waals surface area contributed by atoms with Crippen molar-refractivity contribution in [3.63, 3.8) is 0 Å². The smallest absolute Gasteiger partial charge is 0.264 e. The second-order valence-electron chi connectivity index (χ2n) is 8.50. The van der Waals surface area contributed by atoms with Gasteiger partial charge in [0.1, 0.15) is 18.0 Å². The molecule has 0 aliphatic carbocycles. The van der Waals surface area contributed by atoms with Gasteiger partial charge < -0.3 is 14.8 Å². The van der Waals surface area contributed by atoms with Gasteiger partial charge >= 0.3 is 0 Å².